The second-order valence-corrected chi connectivity index (χ2v) is 7.88. The normalized spacial score (nSPS) is 11.9. The van der Waals surface area contributed by atoms with Gasteiger partial charge in [0.25, 0.3) is 0 Å². The Hall–Kier alpha value is -2.97. The van der Waals surface area contributed by atoms with Gasteiger partial charge in [-0.25, -0.2) is 14.2 Å². The predicted octanol–water partition coefficient (Wildman–Crippen LogP) is 5.19. The molecule has 3 heterocycles. The molecule has 3 aromatic heterocycles. The highest BCUT2D eigenvalue weighted by Gasteiger charge is 2.18. The van der Waals surface area contributed by atoms with Crippen LogP contribution in [-0.4, -0.2) is 11.0 Å². The summed E-state index contributed by atoms with van der Waals surface area (Å²) in [5.74, 6) is 0.223. The fourth-order valence-corrected chi connectivity index (χ4v) is 4.14. The van der Waals surface area contributed by atoms with Gasteiger partial charge >= 0.3 is 6.03 Å². The van der Waals surface area contributed by atoms with Crippen LogP contribution in [0.15, 0.2) is 70.0 Å². The highest BCUT2D eigenvalue weighted by atomic mass is 32.1. The van der Waals surface area contributed by atoms with Gasteiger partial charge in [0.2, 0.25) is 5.89 Å². The molecule has 0 spiro atoms. The Morgan fingerprint density at radius 2 is 1.89 bits per heavy atom. The minimum absolute atomic E-state index is 0.237. The fourth-order valence-electron chi connectivity index (χ4n) is 2.68. The van der Waals surface area contributed by atoms with Crippen LogP contribution in [-0.2, 0) is 6.54 Å². The number of carbonyl (C=O) groups excluding carboxylic acids is 1. The summed E-state index contributed by atoms with van der Waals surface area (Å²) in [6, 6.07) is 13.1. The van der Waals surface area contributed by atoms with E-state index < -0.39 is 0 Å². The van der Waals surface area contributed by atoms with Gasteiger partial charge < -0.3 is 15.1 Å². The first kappa shape index (κ1) is 18.4. The van der Waals surface area contributed by atoms with E-state index in [4.69, 9.17) is 4.42 Å². The first-order valence-corrected chi connectivity index (χ1v) is 10.3. The standard InChI is InChI=1S/C20H16FN3O2S2/c21-14-7-5-13(6-8-14)18(16-3-1-9-27-16)24-20(25)22-11-15-12-26-19(23-15)17-4-2-10-28-17/h1-10,12,18H,11H2,(H2,22,24,25). The molecular weight excluding hydrogens is 397 g/mol. The van der Waals surface area contributed by atoms with Crippen LogP contribution in [0.1, 0.15) is 22.2 Å². The van der Waals surface area contributed by atoms with Crippen molar-refractivity contribution < 1.29 is 13.6 Å². The predicted molar refractivity (Wildman–Crippen MR) is 108 cm³/mol. The van der Waals surface area contributed by atoms with Gasteiger partial charge in [-0.15, -0.1) is 22.7 Å². The summed E-state index contributed by atoms with van der Waals surface area (Å²) in [5, 5.41) is 9.62. The largest absolute Gasteiger partial charge is 0.443 e. The van der Waals surface area contributed by atoms with E-state index in [1.54, 1.807) is 12.1 Å². The summed E-state index contributed by atoms with van der Waals surface area (Å²) in [5.41, 5.74) is 1.44. The molecule has 0 saturated carbocycles. The monoisotopic (exact) mass is 413 g/mol. The van der Waals surface area contributed by atoms with Gasteiger partial charge in [0.15, 0.2) is 0 Å². The van der Waals surface area contributed by atoms with Gasteiger partial charge in [0.05, 0.1) is 23.2 Å². The number of hydrogen-bond donors (Lipinski definition) is 2. The summed E-state index contributed by atoms with van der Waals surface area (Å²) in [4.78, 5) is 18.7. The number of halogens is 1. The molecule has 0 radical (unpaired) electrons. The van der Waals surface area contributed by atoms with E-state index in [1.807, 2.05) is 35.0 Å². The number of rotatable bonds is 6. The van der Waals surface area contributed by atoms with E-state index in [1.165, 1.54) is 41.1 Å². The van der Waals surface area contributed by atoms with E-state index in [9.17, 15) is 9.18 Å². The maximum Gasteiger partial charge on any atom is 0.315 e. The zero-order valence-corrected chi connectivity index (χ0v) is 16.2. The zero-order chi connectivity index (χ0) is 19.3. The number of thiophene rings is 2. The van der Waals surface area contributed by atoms with Crippen molar-refractivity contribution in [2.24, 2.45) is 0 Å². The Balaban J connectivity index is 1.41. The van der Waals surface area contributed by atoms with E-state index >= 15 is 0 Å². The average Bonchev–Trinajstić information content (AvgIpc) is 3.47. The third-order valence-corrected chi connectivity index (χ3v) is 5.82. The first-order chi connectivity index (χ1) is 13.7. The molecule has 2 amide bonds. The van der Waals surface area contributed by atoms with Crippen LogP contribution >= 0.6 is 22.7 Å². The first-order valence-electron chi connectivity index (χ1n) is 8.50. The number of benzene rings is 1. The molecule has 8 heteroatoms. The molecule has 0 aliphatic heterocycles. The Kier molecular flexibility index (Phi) is 5.50. The number of nitrogens with zero attached hydrogens (tertiary/aromatic N) is 1. The lowest BCUT2D eigenvalue weighted by atomic mass is 10.1. The highest BCUT2D eigenvalue weighted by molar-refractivity contribution is 7.13. The smallest absolute Gasteiger partial charge is 0.315 e. The van der Waals surface area contributed by atoms with Crippen LogP contribution in [0.5, 0.6) is 0 Å². The molecule has 0 aliphatic rings. The molecule has 0 fully saturated rings. The number of oxazole rings is 1. The second kappa shape index (κ2) is 8.37. The van der Waals surface area contributed by atoms with Crippen molar-refractivity contribution in [3.05, 3.63) is 87.5 Å². The van der Waals surface area contributed by atoms with Crippen LogP contribution in [0, 0.1) is 5.82 Å². The van der Waals surface area contributed by atoms with Crippen molar-refractivity contribution in [1.29, 1.82) is 0 Å². The van der Waals surface area contributed by atoms with Crippen molar-refractivity contribution >= 4 is 28.7 Å². The molecule has 0 bridgehead atoms. The molecule has 1 atom stereocenters. The quantitative estimate of drug-likeness (QED) is 0.457. The van der Waals surface area contributed by atoms with Crippen molar-refractivity contribution in [1.82, 2.24) is 15.6 Å². The third kappa shape index (κ3) is 4.29. The average molecular weight is 413 g/mol. The number of carbonyl (C=O) groups is 1. The van der Waals surface area contributed by atoms with Crippen LogP contribution in [0.2, 0.25) is 0 Å². The van der Waals surface area contributed by atoms with Gasteiger partial charge in [0, 0.05) is 4.88 Å². The number of hydrogen-bond acceptors (Lipinski definition) is 5. The third-order valence-electron chi connectivity index (χ3n) is 4.02. The number of amides is 2. The second-order valence-electron chi connectivity index (χ2n) is 5.95. The Morgan fingerprint density at radius 1 is 1.11 bits per heavy atom. The van der Waals surface area contributed by atoms with E-state index in [-0.39, 0.29) is 24.4 Å². The topological polar surface area (TPSA) is 67.2 Å². The van der Waals surface area contributed by atoms with Gasteiger partial charge in [0.1, 0.15) is 12.1 Å². The fraction of sp³-hybridized carbons (Fsp3) is 0.100. The molecule has 0 saturated heterocycles. The lowest BCUT2D eigenvalue weighted by Gasteiger charge is -2.18. The van der Waals surface area contributed by atoms with Crippen molar-refractivity contribution in [3.8, 4) is 10.8 Å². The van der Waals surface area contributed by atoms with Crippen LogP contribution in [0.3, 0.4) is 0 Å². The van der Waals surface area contributed by atoms with Gasteiger partial charge in [-0.05, 0) is 40.6 Å². The summed E-state index contributed by atoms with van der Waals surface area (Å²) in [7, 11) is 0. The molecule has 0 aliphatic carbocycles. The lowest BCUT2D eigenvalue weighted by Crippen LogP contribution is -2.37. The molecule has 142 valence electrons. The maximum absolute atomic E-state index is 13.3. The molecule has 1 unspecified atom stereocenters. The van der Waals surface area contributed by atoms with Crippen molar-refractivity contribution in [2.75, 3.05) is 0 Å². The summed E-state index contributed by atoms with van der Waals surface area (Å²) >= 11 is 3.06. The van der Waals surface area contributed by atoms with Crippen LogP contribution in [0.4, 0.5) is 9.18 Å². The van der Waals surface area contributed by atoms with Crippen molar-refractivity contribution in [3.63, 3.8) is 0 Å². The van der Waals surface area contributed by atoms with Gasteiger partial charge in [-0.1, -0.05) is 24.3 Å². The molecule has 1 aromatic carbocycles. The molecule has 5 nitrogen and oxygen atoms in total. The Labute approximate surface area is 168 Å². The molecule has 28 heavy (non-hydrogen) atoms. The molecule has 4 rings (SSSR count). The Morgan fingerprint density at radius 3 is 2.61 bits per heavy atom. The van der Waals surface area contributed by atoms with Gasteiger partial charge in [-0.3, -0.25) is 0 Å². The van der Waals surface area contributed by atoms with Crippen LogP contribution < -0.4 is 10.6 Å². The SMILES string of the molecule is O=C(NCc1coc(-c2cccs2)n1)NC(c1ccc(F)cc1)c1cccs1. The summed E-state index contributed by atoms with van der Waals surface area (Å²) in [6.07, 6.45) is 1.53. The number of urea groups is 1. The van der Waals surface area contributed by atoms with Crippen LogP contribution in [0.25, 0.3) is 10.8 Å². The zero-order valence-electron chi connectivity index (χ0n) is 14.6. The molecular formula is C20H16FN3O2S2. The Bertz CT molecular complexity index is 1030. The van der Waals surface area contributed by atoms with E-state index in [0.717, 1.165) is 15.3 Å². The number of nitrogens with one attached hydrogen (secondary N) is 2. The number of aromatic nitrogens is 1. The van der Waals surface area contributed by atoms with Crippen molar-refractivity contribution in [2.45, 2.75) is 12.6 Å². The summed E-state index contributed by atoms with van der Waals surface area (Å²) < 4.78 is 18.7. The molecule has 4 aromatic rings. The highest BCUT2D eigenvalue weighted by Crippen LogP contribution is 2.26. The van der Waals surface area contributed by atoms with Gasteiger partial charge in [-0.2, -0.15) is 0 Å². The van der Waals surface area contributed by atoms with E-state index in [0.29, 0.717) is 11.6 Å². The lowest BCUT2D eigenvalue weighted by molar-refractivity contribution is 0.238. The van der Waals surface area contributed by atoms with E-state index in [2.05, 4.69) is 15.6 Å². The minimum atomic E-state index is -0.361. The maximum atomic E-state index is 13.3. The minimum Gasteiger partial charge on any atom is -0.443 e. The summed E-state index contributed by atoms with van der Waals surface area (Å²) in [6.45, 7) is 0.237. The molecule has 2 N–H and O–H groups in total.